The third kappa shape index (κ3) is 6.57. The Morgan fingerprint density at radius 2 is 1.69 bits per heavy atom. The molecule has 6 heterocycles. The van der Waals surface area contributed by atoms with E-state index >= 15 is 0 Å². The third-order valence-electron chi connectivity index (χ3n) is 13.4. The number of fused-ring (bicyclic) bond motifs is 6. The highest BCUT2D eigenvalue weighted by atomic mass is 16.5. The van der Waals surface area contributed by atoms with E-state index in [0.29, 0.717) is 37.7 Å². The fourth-order valence-electron chi connectivity index (χ4n) is 10.3. The van der Waals surface area contributed by atoms with E-state index in [1.165, 1.54) is 11.3 Å². The molecule has 4 atom stereocenters. The fourth-order valence-corrected chi connectivity index (χ4v) is 10.3. The SMILES string of the molecule is COc1cccc([C@H]2COc3cc(O)ccc3[C@H]2c2ccc(N3CCC(CN4CCN5c6ccc7c(c6OC[C@@H]5C4)CN(C4CCC(=O)NC4=O)C7=O)CC3)cc2)c1. The molecule has 0 spiro atoms. The summed E-state index contributed by atoms with van der Waals surface area (Å²) in [5.41, 5.74) is 7.18. The Morgan fingerprint density at radius 3 is 2.50 bits per heavy atom. The van der Waals surface area contributed by atoms with Crippen molar-refractivity contribution in [1.82, 2.24) is 15.1 Å². The maximum atomic E-state index is 13.4. The monoisotopic (exact) mass is 783 g/mol. The number of phenolic OH excluding ortho intramolecular Hbond substituents is 1. The molecule has 3 saturated heterocycles. The number of benzene rings is 4. The summed E-state index contributed by atoms with van der Waals surface area (Å²) in [7, 11) is 1.69. The topological polar surface area (TPSA) is 124 Å². The minimum absolute atomic E-state index is 0.0695. The van der Waals surface area contributed by atoms with Crippen LogP contribution in [0.3, 0.4) is 0 Å². The largest absolute Gasteiger partial charge is 0.508 e. The number of piperazine rings is 1. The number of imide groups is 1. The molecule has 0 bridgehead atoms. The lowest BCUT2D eigenvalue weighted by Crippen LogP contribution is -2.58. The molecule has 300 valence electrons. The van der Waals surface area contributed by atoms with Gasteiger partial charge in [-0.1, -0.05) is 30.3 Å². The van der Waals surface area contributed by atoms with Crippen molar-refractivity contribution in [2.45, 2.75) is 56.1 Å². The van der Waals surface area contributed by atoms with Gasteiger partial charge in [0.15, 0.2) is 0 Å². The van der Waals surface area contributed by atoms with Gasteiger partial charge in [-0.25, -0.2) is 0 Å². The second kappa shape index (κ2) is 14.9. The van der Waals surface area contributed by atoms with Crippen LogP contribution in [0.4, 0.5) is 11.4 Å². The van der Waals surface area contributed by atoms with E-state index in [2.05, 4.69) is 56.4 Å². The van der Waals surface area contributed by atoms with Gasteiger partial charge in [0.2, 0.25) is 11.8 Å². The van der Waals surface area contributed by atoms with Crippen molar-refractivity contribution in [2.75, 3.05) is 69.4 Å². The van der Waals surface area contributed by atoms with Crippen LogP contribution < -0.4 is 29.3 Å². The Morgan fingerprint density at radius 1 is 0.845 bits per heavy atom. The number of carbonyl (C=O) groups excluding carboxylic acids is 3. The molecule has 6 aliphatic heterocycles. The normalized spacial score (nSPS) is 24.6. The van der Waals surface area contributed by atoms with E-state index in [4.69, 9.17) is 14.2 Å². The molecular formula is C46H49N5O7. The number of aromatic hydroxyl groups is 1. The van der Waals surface area contributed by atoms with Gasteiger partial charge in [-0.2, -0.15) is 0 Å². The van der Waals surface area contributed by atoms with Gasteiger partial charge in [0.1, 0.15) is 35.6 Å². The van der Waals surface area contributed by atoms with Crippen molar-refractivity contribution in [2.24, 2.45) is 5.92 Å². The number of amides is 3. The van der Waals surface area contributed by atoms with E-state index in [1.54, 1.807) is 24.1 Å². The highest BCUT2D eigenvalue weighted by Gasteiger charge is 2.43. The first-order valence-electron chi connectivity index (χ1n) is 20.7. The number of phenols is 1. The van der Waals surface area contributed by atoms with Crippen molar-refractivity contribution in [3.63, 3.8) is 0 Å². The Balaban J connectivity index is 0.762. The van der Waals surface area contributed by atoms with Crippen LogP contribution in [0.1, 0.15) is 70.1 Å². The predicted octanol–water partition coefficient (Wildman–Crippen LogP) is 5.27. The van der Waals surface area contributed by atoms with E-state index in [9.17, 15) is 19.5 Å². The molecule has 4 aromatic carbocycles. The molecule has 0 aliphatic carbocycles. The van der Waals surface area contributed by atoms with Gasteiger partial charge in [-0.15, -0.1) is 0 Å². The summed E-state index contributed by atoms with van der Waals surface area (Å²) in [5.74, 6) is 2.46. The average molecular weight is 784 g/mol. The highest BCUT2D eigenvalue weighted by Crippen LogP contribution is 2.48. The van der Waals surface area contributed by atoms with Gasteiger partial charge in [0.05, 0.1) is 32.0 Å². The minimum Gasteiger partial charge on any atom is -0.508 e. The molecule has 4 aromatic rings. The predicted molar refractivity (Wildman–Crippen MR) is 218 cm³/mol. The Hall–Kier alpha value is -5.75. The van der Waals surface area contributed by atoms with E-state index in [1.807, 2.05) is 30.3 Å². The maximum absolute atomic E-state index is 13.4. The number of methoxy groups -OCH3 is 1. The molecule has 58 heavy (non-hydrogen) atoms. The van der Waals surface area contributed by atoms with Crippen molar-refractivity contribution in [3.05, 3.63) is 107 Å². The Kier molecular flexibility index (Phi) is 9.39. The quantitative estimate of drug-likeness (QED) is 0.240. The lowest BCUT2D eigenvalue weighted by Gasteiger charge is -2.47. The molecule has 12 nitrogen and oxygen atoms in total. The first kappa shape index (κ1) is 36.6. The molecular weight excluding hydrogens is 735 g/mol. The first-order valence-corrected chi connectivity index (χ1v) is 20.7. The molecule has 10 rings (SSSR count). The zero-order chi connectivity index (χ0) is 39.5. The number of rotatable bonds is 7. The summed E-state index contributed by atoms with van der Waals surface area (Å²) in [5, 5.41) is 12.6. The average Bonchev–Trinajstić information content (AvgIpc) is 3.59. The van der Waals surface area contributed by atoms with Gasteiger partial charge in [-0.05, 0) is 78.8 Å². The van der Waals surface area contributed by atoms with E-state index in [0.717, 1.165) is 91.7 Å². The van der Waals surface area contributed by atoms with Crippen LogP contribution in [0.15, 0.2) is 78.9 Å². The molecule has 3 fully saturated rings. The van der Waals surface area contributed by atoms with Gasteiger partial charge < -0.3 is 34.0 Å². The fraction of sp³-hybridized carbons (Fsp3) is 0.413. The number of nitrogens with one attached hydrogen (secondary N) is 1. The lowest BCUT2D eigenvalue weighted by atomic mass is 9.76. The zero-order valence-electron chi connectivity index (χ0n) is 32.8. The Bertz CT molecular complexity index is 2260. The second-order valence-corrected chi connectivity index (χ2v) is 16.7. The number of hydrogen-bond donors (Lipinski definition) is 2. The molecule has 0 aromatic heterocycles. The molecule has 0 saturated carbocycles. The molecule has 1 unspecified atom stereocenters. The van der Waals surface area contributed by atoms with Crippen LogP contribution >= 0.6 is 0 Å². The highest BCUT2D eigenvalue weighted by molar-refractivity contribution is 6.06. The minimum atomic E-state index is -0.641. The number of hydrogen-bond acceptors (Lipinski definition) is 10. The van der Waals surface area contributed by atoms with E-state index in [-0.39, 0.29) is 41.9 Å². The van der Waals surface area contributed by atoms with Gasteiger partial charge in [0.25, 0.3) is 5.91 Å². The van der Waals surface area contributed by atoms with Crippen LogP contribution in [0.2, 0.25) is 0 Å². The summed E-state index contributed by atoms with van der Waals surface area (Å²) >= 11 is 0. The van der Waals surface area contributed by atoms with Gasteiger partial charge in [-0.3, -0.25) is 24.6 Å². The number of carbonyl (C=O) groups is 3. The standard InChI is InChI=1S/C46H49N5O7/c1-56-34-4-2-3-30(21-34)38-27-57-41-22-33(52)9-10-36(41)43(38)29-5-7-31(8-6-29)49-17-15-28(16-18-49)23-48-19-20-50-32(24-48)26-58-44-37-25-51(40-13-14-42(53)47-45(40)54)46(55)35(37)11-12-39(44)50/h2-12,21-22,28,32,38,40,43,52H,13-20,23-27H2,1H3,(H,47,53,54)/t32-,38+,40?,43+/m0/s1. The lowest BCUT2D eigenvalue weighted by molar-refractivity contribution is -0.136. The first-order chi connectivity index (χ1) is 28.3. The van der Waals surface area contributed by atoms with Crippen molar-refractivity contribution in [3.8, 4) is 23.0 Å². The molecule has 3 amide bonds. The summed E-state index contributed by atoms with van der Waals surface area (Å²) in [6.07, 6.45) is 2.87. The molecule has 0 radical (unpaired) electrons. The Labute approximate surface area is 338 Å². The third-order valence-corrected chi connectivity index (χ3v) is 13.4. The van der Waals surface area contributed by atoms with Crippen LogP contribution in [-0.4, -0.2) is 104 Å². The summed E-state index contributed by atoms with van der Waals surface area (Å²) in [6, 6.07) is 26.3. The van der Waals surface area contributed by atoms with Crippen LogP contribution in [-0.2, 0) is 16.1 Å². The second-order valence-electron chi connectivity index (χ2n) is 16.7. The number of nitrogens with zero attached hydrogens (tertiary/aromatic N) is 4. The van der Waals surface area contributed by atoms with Crippen molar-refractivity contribution in [1.29, 1.82) is 0 Å². The maximum Gasteiger partial charge on any atom is 0.255 e. The summed E-state index contributed by atoms with van der Waals surface area (Å²) in [6.45, 7) is 7.32. The number of anilines is 2. The molecule has 12 heteroatoms. The molecule has 6 aliphatic rings. The summed E-state index contributed by atoms with van der Waals surface area (Å²) in [4.78, 5) is 46.9. The van der Waals surface area contributed by atoms with Gasteiger partial charge >= 0.3 is 0 Å². The number of ether oxygens (including phenoxy) is 3. The van der Waals surface area contributed by atoms with E-state index < -0.39 is 11.9 Å². The zero-order valence-corrected chi connectivity index (χ0v) is 32.8. The summed E-state index contributed by atoms with van der Waals surface area (Å²) < 4.78 is 18.2. The molecule has 2 N–H and O–H groups in total. The smallest absolute Gasteiger partial charge is 0.255 e. The number of piperidine rings is 2. The van der Waals surface area contributed by atoms with Crippen LogP contribution in [0, 0.1) is 5.92 Å². The van der Waals surface area contributed by atoms with Crippen molar-refractivity contribution < 1.29 is 33.7 Å². The van der Waals surface area contributed by atoms with Crippen LogP contribution in [0.25, 0.3) is 0 Å². The van der Waals surface area contributed by atoms with Gasteiger partial charge in [0, 0.05) is 86.0 Å². The van der Waals surface area contributed by atoms with Crippen molar-refractivity contribution >= 4 is 29.1 Å². The van der Waals surface area contributed by atoms with Crippen LogP contribution in [0.5, 0.6) is 23.0 Å².